The van der Waals surface area contributed by atoms with Crippen LogP contribution in [0, 0.1) is 12.8 Å². The molecule has 0 aliphatic heterocycles. The summed E-state index contributed by atoms with van der Waals surface area (Å²) in [5.41, 5.74) is 7.73. The number of thiazole rings is 1. The summed E-state index contributed by atoms with van der Waals surface area (Å²) in [5, 5.41) is 1.19. The Morgan fingerprint density at radius 2 is 2.25 bits per heavy atom. The van der Waals surface area contributed by atoms with E-state index in [1.807, 2.05) is 11.3 Å². The number of aryl methyl sites for hydroxylation is 2. The molecule has 2 unspecified atom stereocenters. The van der Waals surface area contributed by atoms with E-state index in [-0.39, 0.29) is 5.54 Å². The third-order valence-corrected chi connectivity index (χ3v) is 5.20. The van der Waals surface area contributed by atoms with Gasteiger partial charge in [-0.05, 0) is 32.1 Å². The van der Waals surface area contributed by atoms with E-state index in [1.165, 1.54) is 34.8 Å². The molecule has 1 saturated carbocycles. The van der Waals surface area contributed by atoms with E-state index in [1.54, 1.807) is 0 Å². The number of hydrogen-bond acceptors (Lipinski definition) is 3. The second kappa shape index (κ2) is 4.46. The standard InChI is InChI=1S/C13H22N2S/c1-4-10-7-6-8-13(10,14)12-15-11(5-2)9(3)16-12/h10H,4-8,14H2,1-3H3. The fourth-order valence-corrected chi connectivity index (χ4v) is 4.12. The first-order valence-corrected chi connectivity index (χ1v) is 7.19. The Balaban J connectivity index is 2.34. The molecule has 3 heteroatoms. The fraction of sp³-hybridized carbons (Fsp3) is 0.769. The van der Waals surface area contributed by atoms with Crippen LogP contribution in [0.4, 0.5) is 0 Å². The van der Waals surface area contributed by atoms with Crippen molar-refractivity contribution in [1.29, 1.82) is 0 Å². The molecule has 1 heterocycles. The maximum absolute atomic E-state index is 6.62. The van der Waals surface area contributed by atoms with Crippen LogP contribution in [0.2, 0.25) is 0 Å². The Bertz CT molecular complexity index is 372. The number of nitrogens with zero attached hydrogens (tertiary/aromatic N) is 1. The molecule has 0 bridgehead atoms. The van der Waals surface area contributed by atoms with E-state index in [0.717, 1.165) is 12.8 Å². The summed E-state index contributed by atoms with van der Waals surface area (Å²) in [6, 6.07) is 0. The molecule has 90 valence electrons. The molecule has 1 fully saturated rings. The zero-order valence-electron chi connectivity index (χ0n) is 10.5. The molecule has 2 N–H and O–H groups in total. The van der Waals surface area contributed by atoms with Crippen LogP contribution >= 0.6 is 11.3 Å². The summed E-state index contributed by atoms with van der Waals surface area (Å²) < 4.78 is 0. The maximum atomic E-state index is 6.62. The molecule has 0 aromatic carbocycles. The fourth-order valence-electron chi connectivity index (χ4n) is 2.91. The van der Waals surface area contributed by atoms with Crippen LogP contribution in [-0.4, -0.2) is 4.98 Å². The highest BCUT2D eigenvalue weighted by molar-refractivity contribution is 7.11. The second-order valence-electron chi connectivity index (χ2n) is 4.91. The molecule has 0 saturated heterocycles. The van der Waals surface area contributed by atoms with Crippen LogP contribution < -0.4 is 5.73 Å². The van der Waals surface area contributed by atoms with Gasteiger partial charge >= 0.3 is 0 Å². The largest absolute Gasteiger partial charge is 0.319 e. The summed E-state index contributed by atoms with van der Waals surface area (Å²) in [7, 11) is 0. The van der Waals surface area contributed by atoms with Gasteiger partial charge in [0.05, 0.1) is 11.2 Å². The highest BCUT2D eigenvalue weighted by atomic mass is 32.1. The second-order valence-corrected chi connectivity index (χ2v) is 6.12. The number of nitrogens with two attached hydrogens (primary N) is 1. The van der Waals surface area contributed by atoms with Crippen molar-refractivity contribution < 1.29 is 0 Å². The van der Waals surface area contributed by atoms with Crippen molar-refractivity contribution >= 4 is 11.3 Å². The summed E-state index contributed by atoms with van der Waals surface area (Å²) in [5.74, 6) is 0.628. The van der Waals surface area contributed by atoms with E-state index in [4.69, 9.17) is 10.7 Å². The lowest BCUT2D eigenvalue weighted by molar-refractivity contribution is 0.314. The van der Waals surface area contributed by atoms with Gasteiger partial charge in [0.2, 0.25) is 0 Å². The Morgan fingerprint density at radius 1 is 1.50 bits per heavy atom. The monoisotopic (exact) mass is 238 g/mol. The Hall–Kier alpha value is -0.410. The molecular formula is C13H22N2S. The molecule has 0 amide bonds. The molecular weight excluding hydrogens is 216 g/mol. The Kier molecular flexibility index (Phi) is 3.36. The summed E-state index contributed by atoms with van der Waals surface area (Å²) >= 11 is 1.82. The van der Waals surface area contributed by atoms with Gasteiger partial charge < -0.3 is 5.73 Å². The lowest BCUT2D eigenvalue weighted by atomic mass is 9.87. The van der Waals surface area contributed by atoms with Crippen LogP contribution in [0.15, 0.2) is 0 Å². The number of aromatic nitrogens is 1. The van der Waals surface area contributed by atoms with Crippen molar-refractivity contribution in [2.45, 2.75) is 58.4 Å². The quantitative estimate of drug-likeness (QED) is 0.876. The first-order valence-electron chi connectivity index (χ1n) is 6.37. The highest BCUT2D eigenvalue weighted by Gasteiger charge is 2.42. The third kappa shape index (κ3) is 1.80. The van der Waals surface area contributed by atoms with Gasteiger partial charge in [0.15, 0.2) is 0 Å². The molecule has 2 atom stereocenters. The van der Waals surface area contributed by atoms with Gasteiger partial charge in [-0.15, -0.1) is 11.3 Å². The van der Waals surface area contributed by atoms with E-state index in [0.29, 0.717) is 5.92 Å². The average molecular weight is 238 g/mol. The summed E-state index contributed by atoms with van der Waals surface area (Å²) in [4.78, 5) is 6.12. The normalized spacial score (nSPS) is 29.9. The van der Waals surface area contributed by atoms with Crippen molar-refractivity contribution in [3.8, 4) is 0 Å². The van der Waals surface area contributed by atoms with Gasteiger partial charge in [-0.2, -0.15) is 0 Å². The Labute approximate surface area is 102 Å². The van der Waals surface area contributed by atoms with Gasteiger partial charge in [-0.1, -0.05) is 26.7 Å². The molecule has 1 aromatic rings. The predicted molar refractivity (Wildman–Crippen MR) is 69.7 cm³/mol. The molecule has 16 heavy (non-hydrogen) atoms. The van der Waals surface area contributed by atoms with E-state index < -0.39 is 0 Å². The minimum atomic E-state index is -0.127. The first kappa shape index (κ1) is 12.1. The molecule has 0 spiro atoms. The molecule has 0 radical (unpaired) electrons. The molecule has 1 aliphatic rings. The minimum absolute atomic E-state index is 0.127. The van der Waals surface area contributed by atoms with Crippen LogP contribution in [0.3, 0.4) is 0 Å². The average Bonchev–Trinajstić information content (AvgIpc) is 2.82. The molecule has 2 nitrogen and oxygen atoms in total. The third-order valence-electron chi connectivity index (χ3n) is 3.99. The number of hydrogen-bond donors (Lipinski definition) is 1. The van der Waals surface area contributed by atoms with Crippen molar-refractivity contribution in [3.63, 3.8) is 0 Å². The van der Waals surface area contributed by atoms with Crippen LogP contribution in [0.25, 0.3) is 0 Å². The van der Waals surface area contributed by atoms with Gasteiger partial charge in [-0.3, -0.25) is 0 Å². The van der Waals surface area contributed by atoms with Crippen molar-refractivity contribution in [2.24, 2.45) is 11.7 Å². The van der Waals surface area contributed by atoms with Gasteiger partial charge in [0, 0.05) is 4.88 Å². The smallest absolute Gasteiger partial charge is 0.113 e. The van der Waals surface area contributed by atoms with Crippen molar-refractivity contribution in [2.75, 3.05) is 0 Å². The van der Waals surface area contributed by atoms with Gasteiger partial charge in [0.1, 0.15) is 5.01 Å². The molecule has 1 aromatic heterocycles. The lowest BCUT2D eigenvalue weighted by Crippen LogP contribution is -2.40. The van der Waals surface area contributed by atoms with E-state index >= 15 is 0 Å². The van der Waals surface area contributed by atoms with Crippen LogP contribution in [0.1, 0.15) is 55.1 Å². The van der Waals surface area contributed by atoms with Gasteiger partial charge in [-0.25, -0.2) is 4.98 Å². The van der Waals surface area contributed by atoms with Crippen LogP contribution in [-0.2, 0) is 12.0 Å². The maximum Gasteiger partial charge on any atom is 0.113 e. The van der Waals surface area contributed by atoms with E-state index in [9.17, 15) is 0 Å². The minimum Gasteiger partial charge on any atom is -0.319 e. The van der Waals surface area contributed by atoms with Crippen molar-refractivity contribution in [3.05, 3.63) is 15.6 Å². The van der Waals surface area contributed by atoms with Crippen molar-refractivity contribution in [1.82, 2.24) is 4.98 Å². The zero-order valence-corrected chi connectivity index (χ0v) is 11.4. The predicted octanol–water partition coefficient (Wildman–Crippen LogP) is 3.38. The summed E-state index contributed by atoms with van der Waals surface area (Å²) in [6.07, 6.45) is 5.84. The molecule has 1 aliphatic carbocycles. The highest BCUT2D eigenvalue weighted by Crippen LogP contribution is 2.44. The van der Waals surface area contributed by atoms with Crippen LogP contribution in [0.5, 0.6) is 0 Å². The summed E-state index contributed by atoms with van der Waals surface area (Å²) in [6.45, 7) is 6.58. The number of rotatable bonds is 3. The first-order chi connectivity index (χ1) is 7.61. The SMILES string of the molecule is CCc1nc(C2(N)CCCC2CC)sc1C. The van der Waals surface area contributed by atoms with Gasteiger partial charge in [0.25, 0.3) is 0 Å². The molecule has 2 rings (SSSR count). The lowest BCUT2D eigenvalue weighted by Gasteiger charge is -2.28. The van der Waals surface area contributed by atoms with E-state index in [2.05, 4.69) is 20.8 Å². The topological polar surface area (TPSA) is 38.9 Å². The zero-order chi connectivity index (χ0) is 11.8. The Morgan fingerprint density at radius 3 is 2.81 bits per heavy atom.